The number of nitrogens with zero attached hydrogens (tertiary/aromatic N) is 1. The first-order chi connectivity index (χ1) is 14.8. The number of anilines is 2. The predicted octanol–water partition coefficient (Wildman–Crippen LogP) is 3.32. The van der Waals surface area contributed by atoms with Crippen LogP contribution in [0.3, 0.4) is 0 Å². The standard InChI is InChI=1S/C22H28N4O4S/c1-16-11-12-19(31(29,30)26-13-7-4-8-14-26)15-20(16)25-21(27)17(2)23-22(28)24-18-9-5-3-6-10-18/h3,5-6,9-12,15,17H,4,7-8,13-14H2,1-2H3,(H,25,27)(H2,23,24,28)/t17-/m1/s1. The van der Waals surface area contributed by atoms with Gasteiger partial charge in [0, 0.05) is 24.5 Å². The number of carbonyl (C=O) groups excluding carboxylic acids is 2. The van der Waals surface area contributed by atoms with Gasteiger partial charge in [-0.15, -0.1) is 0 Å². The fourth-order valence-corrected chi connectivity index (χ4v) is 4.89. The average Bonchev–Trinajstić information content (AvgIpc) is 2.76. The quantitative estimate of drug-likeness (QED) is 0.635. The average molecular weight is 445 g/mol. The van der Waals surface area contributed by atoms with Crippen LogP contribution in [0, 0.1) is 6.92 Å². The minimum absolute atomic E-state index is 0.151. The minimum atomic E-state index is -3.61. The summed E-state index contributed by atoms with van der Waals surface area (Å²) in [6.07, 6.45) is 2.73. The first kappa shape index (κ1) is 22.8. The van der Waals surface area contributed by atoms with E-state index in [2.05, 4.69) is 16.0 Å². The molecule has 166 valence electrons. The third-order valence-electron chi connectivity index (χ3n) is 5.19. The number of amides is 3. The summed E-state index contributed by atoms with van der Waals surface area (Å²) in [6, 6.07) is 12.3. The van der Waals surface area contributed by atoms with Gasteiger partial charge in [-0.25, -0.2) is 13.2 Å². The number of nitrogens with one attached hydrogen (secondary N) is 3. The first-order valence-electron chi connectivity index (χ1n) is 10.3. The van der Waals surface area contributed by atoms with Crippen molar-refractivity contribution in [3.05, 3.63) is 54.1 Å². The Morgan fingerprint density at radius 3 is 2.32 bits per heavy atom. The molecule has 1 atom stereocenters. The molecule has 0 radical (unpaired) electrons. The van der Waals surface area contributed by atoms with Crippen molar-refractivity contribution in [3.8, 4) is 0 Å². The summed E-state index contributed by atoms with van der Waals surface area (Å²) >= 11 is 0. The molecule has 0 aromatic heterocycles. The Balaban J connectivity index is 1.66. The van der Waals surface area contributed by atoms with Crippen LogP contribution in [-0.4, -0.2) is 43.8 Å². The molecule has 2 aromatic rings. The Bertz CT molecular complexity index is 1030. The van der Waals surface area contributed by atoms with Crippen LogP contribution in [0.4, 0.5) is 16.2 Å². The van der Waals surface area contributed by atoms with Gasteiger partial charge in [0.1, 0.15) is 6.04 Å². The van der Waals surface area contributed by atoms with E-state index >= 15 is 0 Å². The van der Waals surface area contributed by atoms with Crippen molar-refractivity contribution in [2.45, 2.75) is 44.0 Å². The van der Waals surface area contributed by atoms with Crippen LogP contribution in [0.2, 0.25) is 0 Å². The van der Waals surface area contributed by atoms with E-state index in [4.69, 9.17) is 0 Å². The van der Waals surface area contributed by atoms with Crippen LogP contribution < -0.4 is 16.0 Å². The van der Waals surface area contributed by atoms with Gasteiger partial charge in [0.2, 0.25) is 15.9 Å². The van der Waals surface area contributed by atoms with Gasteiger partial charge in [0.25, 0.3) is 0 Å². The van der Waals surface area contributed by atoms with Crippen LogP contribution in [0.5, 0.6) is 0 Å². The molecule has 1 aliphatic heterocycles. The van der Waals surface area contributed by atoms with E-state index in [1.165, 1.54) is 10.4 Å². The van der Waals surface area contributed by atoms with Gasteiger partial charge in [-0.05, 0) is 56.5 Å². The lowest BCUT2D eigenvalue weighted by Crippen LogP contribution is -2.43. The molecule has 0 unspecified atom stereocenters. The van der Waals surface area contributed by atoms with Gasteiger partial charge < -0.3 is 16.0 Å². The molecule has 1 saturated heterocycles. The number of carbonyl (C=O) groups is 2. The fraction of sp³-hybridized carbons (Fsp3) is 0.364. The van der Waals surface area contributed by atoms with Crippen molar-refractivity contribution in [2.75, 3.05) is 23.7 Å². The number of hydrogen-bond donors (Lipinski definition) is 3. The lowest BCUT2D eigenvalue weighted by Gasteiger charge is -2.26. The normalized spacial score (nSPS) is 15.7. The van der Waals surface area contributed by atoms with Crippen LogP contribution in [0.1, 0.15) is 31.7 Å². The van der Waals surface area contributed by atoms with E-state index in [-0.39, 0.29) is 4.90 Å². The van der Waals surface area contributed by atoms with Crippen molar-refractivity contribution >= 4 is 33.3 Å². The molecule has 3 rings (SSSR count). The Kier molecular flexibility index (Phi) is 7.29. The predicted molar refractivity (Wildman–Crippen MR) is 120 cm³/mol. The highest BCUT2D eigenvalue weighted by Gasteiger charge is 2.27. The van der Waals surface area contributed by atoms with Crippen molar-refractivity contribution in [1.29, 1.82) is 0 Å². The molecule has 1 aliphatic rings. The topological polar surface area (TPSA) is 108 Å². The number of hydrogen-bond acceptors (Lipinski definition) is 4. The highest BCUT2D eigenvalue weighted by molar-refractivity contribution is 7.89. The molecule has 0 bridgehead atoms. The third kappa shape index (κ3) is 5.83. The van der Waals surface area contributed by atoms with Crippen molar-refractivity contribution in [1.82, 2.24) is 9.62 Å². The summed E-state index contributed by atoms with van der Waals surface area (Å²) in [7, 11) is -3.61. The zero-order valence-electron chi connectivity index (χ0n) is 17.7. The second-order valence-corrected chi connectivity index (χ2v) is 9.55. The molecule has 3 N–H and O–H groups in total. The first-order valence-corrected chi connectivity index (χ1v) is 11.8. The Labute approximate surface area is 183 Å². The van der Waals surface area contributed by atoms with Gasteiger partial charge in [0.05, 0.1) is 4.90 Å². The number of aryl methyl sites for hydroxylation is 1. The van der Waals surface area contributed by atoms with Gasteiger partial charge in [-0.3, -0.25) is 4.79 Å². The number of benzene rings is 2. The summed E-state index contributed by atoms with van der Waals surface area (Å²) in [5.41, 5.74) is 1.74. The van der Waals surface area contributed by atoms with Gasteiger partial charge >= 0.3 is 6.03 Å². The molecule has 1 heterocycles. The number of rotatable bonds is 6. The summed E-state index contributed by atoms with van der Waals surface area (Å²) in [6.45, 7) is 4.36. The molecule has 8 nitrogen and oxygen atoms in total. The molecule has 1 fully saturated rings. The lowest BCUT2D eigenvalue weighted by molar-refractivity contribution is -0.117. The maximum absolute atomic E-state index is 12.9. The Morgan fingerprint density at radius 2 is 1.65 bits per heavy atom. The van der Waals surface area contributed by atoms with Crippen molar-refractivity contribution in [3.63, 3.8) is 0 Å². The number of piperidine rings is 1. The van der Waals surface area contributed by atoms with Crippen LogP contribution >= 0.6 is 0 Å². The summed E-state index contributed by atoms with van der Waals surface area (Å²) in [4.78, 5) is 24.9. The largest absolute Gasteiger partial charge is 0.326 e. The molecule has 9 heteroatoms. The van der Waals surface area contributed by atoms with E-state index < -0.39 is 28.0 Å². The zero-order chi connectivity index (χ0) is 22.4. The van der Waals surface area contributed by atoms with E-state index in [9.17, 15) is 18.0 Å². The monoisotopic (exact) mass is 444 g/mol. The van der Waals surface area contributed by atoms with Gasteiger partial charge in [-0.1, -0.05) is 30.7 Å². The van der Waals surface area contributed by atoms with Crippen LogP contribution in [0.25, 0.3) is 0 Å². The zero-order valence-corrected chi connectivity index (χ0v) is 18.5. The highest BCUT2D eigenvalue weighted by Crippen LogP contribution is 2.25. The Hall–Kier alpha value is -2.91. The van der Waals surface area contributed by atoms with Crippen LogP contribution in [-0.2, 0) is 14.8 Å². The Morgan fingerprint density at radius 1 is 0.968 bits per heavy atom. The molecular weight excluding hydrogens is 416 g/mol. The maximum Gasteiger partial charge on any atom is 0.319 e. The van der Waals surface area contributed by atoms with Gasteiger partial charge in [0.15, 0.2) is 0 Å². The molecule has 31 heavy (non-hydrogen) atoms. The van der Waals surface area contributed by atoms with Crippen molar-refractivity contribution in [2.24, 2.45) is 0 Å². The second kappa shape index (κ2) is 9.93. The minimum Gasteiger partial charge on any atom is -0.326 e. The molecule has 0 saturated carbocycles. The van der Waals surface area contributed by atoms with Crippen LogP contribution in [0.15, 0.2) is 53.4 Å². The summed E-state index contributed by atoms with van der Waals surface area (Å²) < 4.78 is 27.4. The van der Waals surface area contributed by atoms with Crippen molar-refractivity contribution < 1.29 is 18.0 Å². The smallest absolute Gasteiger partial charge is 0.319 e. The maximum atomic E-state index is 12.9. The molecule has 3 amide bonds. The summed E-state index contributed by atoms with van der Waals surface area (Å²) in [5.74, 6) is -0.446. The molecule has 2 aromatic carbocycles. The van der Waals surface area contributed by atoms with E-state index in [1.54, 1.807) is 50.2 Å². The number of urea groups is 1. The van der Waals surface area contributed by atoms with E-state index in [0.29, 0.717) is 24.5 Å². The fourth-order valence-electron chi connectivity index (χ4n) is 3.34. The van der Waals surface area contributed by atoms with E-state index in [0.717, 1.165) is 24.8 Å². The molecule has 0 aliphatic carbocycles. The third-order valence-corrected chi connectivity index (χ3v) is 7.09. The van der Waals surface area contributed by atoms with E-state index in [1.807, 2.05) is 6.07 Å². The summed E-state index contributed by atoms with van der Waals surface area (Å²) in [5, 5.41) is 7.96. The number of sulfonamides is 1. The lowest BCUT2D eigenvalue weighted by atomic mass is 10.2. The second-order valence-electron chi connectivity index (χ2n) is 7.62. The highest BCUT2D eigenvalue weighted by atomic mass is 32.2. The number of para-hydroxylation sites is 1. The molecular formula is C22H28N4O4S. The SMILES string of the molecule is Cc1ccc(S(=O)(=O)N2CCCCC2)cc1NC(=O)[C@@H](C)NC(=O)Nc1ccccc1. The van der Waals surface area contributed by atoms with Gasteiger partial charge in [-0.2, -0.15) is 4.31 Å². The molecule has 0 spiro atoms.